The van der Waals surface area contributed by atoms with Crippen molar-refractivity contribution in [3.63, 3.8) is 0 Å². The smallest absolute Gasteiger partial charge is 0.0159 e. The van der Waals surface area contributed by atoms with E-state index in [0.717, 1.165) is 0 Å². The van der Waals surface area contributed by atoms with Crippen LogP contribution in [-0.4, -0.2) is 0 Å². The quantitative estimate of drug-likeness (QED) is 0.171. The molecule has 0 heterocycles. The van der Waals surface area contributed by atoms with Crippen LogP contribution in [0.1, 0.15) is 47.2 Å². The summed E-state index contributed by atoms with van der Waals surface area (Å²) in [7, 11) is 0. The van der Waals surface area contributed by atoms with Crippen molar-refractivity contribution in [2.75, 3.05) is 0 Å². The lowest BCUT2D eigenvalue weighted by Gasteiger charge is -2.24. The van der Waals surface area contributed by atoms with Crippen LogP contribution in [-0.2, 0) is 5.41 Å². The number of aryl methyl sites for hydroxylation is 4. The number of hydrogen-bond donors (Lipinski definition) is 0. The Labute approximate surface area is 289 Å². The molecule has 0 aliphatic heterocycles. The van der Waals surface area contributed by atoms with Crippen LogP contribution in [0.4, 0.5) is 0 Å². The molecular weight excluding hydrogens is 589 g/mol. The van der Waals surface area contributed by atoms with E-state index >= 15 is 0 Å². The molecule has 0 fully saturated rings. The zero-order valence-corrected chi connectivity index (χ0v) is 29.2. The maximum atomic E-state index is 2.50. The molecule has 0 saturated heterocycles. The molecule has 8 aromatic rings. The minimum atomic E-state index is -0.0673. The van der Waals surface area contributed by atoms with Crippen LogP contribution in [0.15, 0.2) is 133 Å². The van der Waals surface area contributed by atoms with Crippen molar-refractivity contribution in [2.24, 2.45) is 0 Å². The lowest BCUT2D eigenvalue weighted by molar-refractivity contribution is 0.660. The van der Waals surface area contributed by atoms with Crippen molar-refractivity contribution in [2.45, 2.75) is 47.0 Å². The van der Waals surface area contributed by atoms with Crippen LogP contribution < -0.4 is 0 Å². The van der Waals surface area contributed by atoms with Gasteiger partial charge >= 0.3 is 0 Å². The Bertz CT molecular complexity index is 2580. The topological polar surface area (TPSA) is 0 Å². The molecule has 0 unspecified atom stereocenters. The van der Waals surface area contributed by atoms with Gasteiger partial charge in [-0.25, -0.2) is 0 Å². The van der Waals surface area contributed by atoms with E-state index in [0.29, 0.717) is 0 Å². The van der Waals surface area contributed by atoms with E-state index in [2.05, 4.69) is 175 Å². The van der Waals surface area contributed by atoms with Gasteiger partial charge in [-0.15, -0.1) is 0 Å². The molecule has 0 spiro atoms. The predicted octanol–water partition coefficient (Wildman–Crippen LogP) is 13.7. The van der Waals surface area contributed by atoms with E-state index in [9.17, 15) is 0 Å². The standard InChI is InChI=1S/C49H40/c1-29-22-40-42(24-31(29)3)48(44-27-35-17-11-10-16-34(35)26-39(44)33-14-8-7-9-15-33)43-25-32(4)30(2)23-41(43)47(40)36-20-21-38-37-18-12-13-19-45(37)49(5,6)46(38)28-36/h7-28H,1-6H3. The van der Waals surface area contributed by atoms with Crippen molar-refractivity contribution in [3.05, 3.63) is 167 Å². The highest BCUT2D eigenvalue weighted by molar-refractivity contribution is 6.23. The van der Waals surface area contributed by atoms with Gasteiger partial charge < -0.3 is 0 Å². The first-order valence-corrected chi connectivity index (χ1v) is 17.5. The van der Waals surface area contributed by atoms with Crippen LogP contribution in [0.25, 0.3) is 76.8 Å². The molecule has 0 bridgehead atoms. The fourth-order valence-corrected chi connectivity index (χ4v) is 8.51. The van der Waals surface area contributed by atoms with Crippen molar-refractivity contribution in [1.29, 1.82) is 0 Å². The highest BCUT2D eigenvalue weighted by Gasteiger charge is 2.35. The summed E-state index contributed by atoms with van der Waals surface area (Å²) in [6, 6.07) is 50.6. The average Bonchev–Trinajstić information content (AvgIpc) is 3.34. The highest BCUT2D eigenvalue weighted by Crippen LogP contribution is 2.52. The predicted molar refractivity (Wildman–Crippen MR) is 212 cm³/mol. The van der Waals surface area contributed by atoms with E-state index in [1.165, 1.54) is 110 Å². The summed E-state index contributed by atoms with van der Waals surface area (Å²) in [5.74, 6) is 0. The average molecular weight is 629 g/mol. The van der Waals surface area contributed by atoms with E-state index in [4.69, 9.17) is 0 Å². The van der Waals surface area contributed by atoms with E-state index < -0.39 is 0 Å². The van der Waals surface area contributed by atoms with Gasteiger partial charge in [0.25, 0.3) is 0 Å². The number of hydrogen-bond acceptors (Lipinski definition) is 0. The maximum absolute atomic E-state index is 2.50. The molecule has 0 saturated carbocycles. The fraction of sp³-hybridized carbons (Fsp3) is 0.143. The summed E-state index contributed by atoms with van der Waals surface area (Å²) in [5, 5.41) is 7.77. The summed E-state index contributed by atoms with van der Waals surface area (Å²) in [5.41, 5.74) is 18.5. The van der Waals surface area contributed by atoms with Crippen LogP contribution in [0.5, 0.6) is 0 Å². The van der Waals surface area contributed by atoms with Gasteiger partial charge in [0, 0.05) is 5.41 Å². The molecule has 0 heteroatoms. The monoisotopic (exact) mass is 628 g/mol. The van der Waals surface area contributed by atoms with Gasteiger partial charge in [-0.2, -0.15) is 0 Å². The lowest BCUT2D eigenvalue weighted by atomic mass is 9.79. The zero-order chi connectivity index (χ0) is 33.6. The molecule has 236 valence electrons. The first-order valence-electron chi connectivity index (χ1n) is 17.5. The zero-order valence-electron chi connectivity index (χ0n) is 29.2. The van der Waals surface area contributed by atoms with Crippen LogP contribution >= 0.6 is 0 Å². The van der Waals surface area contributed by atoms with E-state index in [-0.39, 0.29) is 5.41 Å². The van der Waals surface area contributed by atoms with Crippen LogP contribution in [0.2, 0.25) is 0 Å². The molecule has 0 atom stereocenters. The summed E-state index contributed by atoms with van der Waals surface area (Å²) < 4.78 is 0. The van der Waals surface area contributed by atoms with Crippen LogP contribution in [0, 0.1) is 27.7 Å². The third-order valence-electron chi connectivity index (χ3n) is 11.5. The molecule has 8 aromatic carbocycles. The Balaban J connectivity index is 1.44. The minimum absolute atomic E-state index is 0.0673. The molecule has 9 rings (SSSR count). The Morgan fingerprint density at radius 1 is 0.347 bits per heavy atom. The molecule has 1 aliphatic rings. The van der Waals surface area contributed by atoms with Gasteiger partial charge in [0.05, 0.1) is 0 Å². The molecule has 1 aliphatic carbocycles. The fourth-order valence-electron chi connectivity index (χ4n) is 8.51. The third-order valence-corrected chi connectivity index (χ3v) is 11.5. The Hall–Kier alpha value is -5.46. The molecule has 0 aromatic heterocycles. The summed E-state index contributed by atoms with van der Waals surface area (Å²) in [4.78, 5) is 0. The summed E-state index contributed by atoms with van der Waals surface area (Å²) in [6.07, 6.45) is 0. The molecule has 0 nitrogen and oxygen atoms in total. The van der Waals surface area contributed by atoms with Crippen molar-refractivity contribution in [1.82, 2.24) is 0 Å². The molecular formula is C49H40. The Morgan fingerprint density at radius 3 is 1.45 bits per heavy atom. The van der Waals surface area contributed by atoms with Crippen molar-refractivity contribution >= 4 is 32.3 Å². The number of benzene rings is 8. The van der Waals surface area contributed by atoms with Gasteiger partial charge in [-0.05, 0) is 156 Å². The minimum Gasteiger partial charge on any atom is -0.0622 e. The third kappa shape index (κ3) is 4.44. The van der Waals surface area contributed by atoms with Gasteiger partial charge in [-0.3, -0.25) is 0 Å². The SMILES string of the molecule is Cc1cc2c(-c3ccc4c(c3)C(C)(C)c3ccccc3-4)c3cc(C)c(C)cc3c(-c3cc4ccccc4cc3-c3ccccc3)c2cc1C. The first kappa shape index (κ1) is 29.7. The highest BCUT2D eigenvalue weighted by atomic mass is 14.4. The first-order chi connectivity index (χ1) is 23.7. The normalized spacial score (nSPS) is 13.3. The largest absolute Gasteiger partial charge is 0.0622 e. The number of fused-ring (bicyclic) bond motifs is 6. The Kier molecular flexibility index (Phi) is 6.52. The lowest BCUT2D eigenvalue weighted by Crippen LogP contribution is -2.14. The van der Waals surface area contributed by atoms with Gasteiger partial charge in [0.2, 0.25) is 0 Å². The van der Waals surface area contributed by atoms with Gasteiger partial charge in [0.15, 0.2) is 0 Å². The summed E-state index contributed by atoms with van der Waals surface area (Å²) >= 11 is 0. The second kappa shape index (κ2) is 10.8. The molecule has 0 radical (unpaired) electrons. The second-order valence-electron chi connectivity index (χ2n) is 14.8. The van der Waals surface area contributed by atoms with Crippen molar-refractivity contribution in [3.8, 4) is 44.5 Å². The Morgan fingerprint density at radius 2 is 0.837 bits per heavy atom. The molecule has 0 amide bonds. The molecule has 0 N–H and O–H groups in total. The second-order valence-corrected chi connectivity index (χ2v) is 14.8. The van der Waals surface area contributed by atoms with Gasteiger partial charge in [0.1, 0.15) is 0 Å². The maximum Gasteiger partial charge on any atom is 0.0159 e. The van der Waals surface area contributed by atoms with Crippen LogP contribution in [0.3, 0.4) is 0 Å². The van der Waals surface area contributed by atoms with E-state index in [1.54, 1.807) is 0 Å². The summed E-state index contributed by atoms with van der Waals surface area (Å²) in [6.45, 7) is 13.8. The van der Waals surface area contributed by atoms with Gasteiger partial charge in [-0.1, -0.05) is 129 Å². The van der Waals surface area contributed by atoms with Crippen molar-refractivity contribution < 1.29 is 0 Å². The molecule has 49 heavy (non-hydrogen) atoms. The van der Waals surface area contributed by atoms with E-state index in [1.807, 2.05) is 0 Å². The number of rotatable bonds is 3.